The third-order valence-corrected chi connectivity index (χ3v) is 5.88. The Morgan fingerprint density at radius 3 is 2.25 bits per heavy atom. The van der Waals surface area contributed by atoms with Crippen LogP contribution in [0.15, 0.2) is 47.4 Å². The highest BCUT2D eigenvalue weighted by Crippen LogP contribution is 2.30. The molecule has 0 bridgehead atoms. The van der Waals surface area contributed by atoms with Gasteiger partial charge in [-0.15, -0.1) is 0 Å². The predicted octanol–water partition coefficient (Wildman–Crippen LogP) is 3.95. The molecule has 0 aliphatic heterocycles. The van der Waals surface area contributed by atoms with Crippen LogP contribution in [0, 0.1) is 0 Å². The maximum Gasteiger partial charge on any atom is 0.178 e. The highest BCUT2D eigenvalue weighted by Gasteiger charge is 2.14. The third kappa shape index (κ3) is 4.72. The van der Waals surface area contributed by atoms with Crippen molar-refractivity contribution in [3.8, 4) is 16.9 Å². The van der Waals surface area contributed by atoms with Gasteiger partial charge in [-0.1, -0.05) is 36.2 Å². The van der Waals surface area contributed by atoms with E-state index in [1.807, 2.05) is 6.07 Å². The Kier molecular flexibility index (Phi) is 6.66. The molecule has 130 valence electrons. The Morgan fingerprint density at radius 2 is 1.67 bits per heavy atom. The number of rotatable bonds is 8. The molecule has 1 N–H and O–H groups in total. The van der Waals surface area contributed by atoms with Gasteiger partial charge in [-0.25, -0.2) is 8.42 Å². The fraction of sp³-hybridized carbons (Fsp3) is 0.333. The number of ether oxygens (including phenoxy) is 1. The van der Waals surface area contributed by atoms with Crippen molar-refractivity contribution in [2.24, 2.45) is 0 Å². The van der Waals surface area contributed by atoms with Crippen molar-refractivity contribution < 1.29 is 18.3 Å². The number of aliphatic hydroxyl groups excluding tert-OH is 1. The van der Waals surface area contributed by atoms with Crippen LogP contribution in [0.25, 0.3) is 11.1 Å². The molecule has 2 aromatic rings. The summed E-state index contributed by atoms with van der Waals surface area (Å²) in [4.78, 5) is 0.315. The number of benzene rings is 2. The largest absolute Gasteiger partial charge is 0.495 e. The van der Waals surface area contributed by atoms with Crippen LogP contribution in [-0.2, 0) is 9.84 Å². The lowest BCUT2D eigenvalue weighted by Gasteiger charge is -2.08. The first kappa shape index (κ1) is 18.8. The standard InChI is InChI=1S/C18H21ClO4S/c1-23-18-10-7-15(13-17(18)19)14-5-8-16(9-6-14)24(21,22)12-4-2-3-11-20/h5-10,13,20H,2-4,11-12H2,1H3. The van der Waals surface area contributed by atoms with Crippen molar-refractivity contribution in [1.29, 1.82) is 0 Å². The quantitative estimate of drug-likeness (QED) is 0.716. The molecule has 0 aromatic heterocycles. The van der Waals surface area contributed by atoms with Gasteiger partial charge in [0.15, 0.2) is 9.84 Å². The Balaban J connectivity index is 2.14. The molecule has 0 saturated heterocycles. The van der Waals surface area contributed by atoms with E-state index in [-0.39, 0.29) is 12.4 Å². The minimum absolute atomic E-state index is 0.0964. The molecule has 0 saturated carbocycles. The zero-order chi connectivity index (χ0) is 17.6. The molecule has 0 spiro atoms. The molecule has 0 aliphatic carbocycles. The first-order valence-electron chi connectivity index (χ1n) is 7.75. The van der Waals surface area contributed by atoms with Crippen LogP contribution in [0.1, 0.15) is 19.3 Å². The summed E-state index contributed by atoms with van der Waals surface area (Å²) in [6.45, 7) is 0.0964. The summed E-state index contributed by atoms with van der Waals surface area (Å²) >= 11 is 6.13. The van der Waals surface area contributed by atoms with Crippen LogP contribution in [-0.4, -0.2) is 33.0 Å². The van der Waals surface area contributed by atoms with Crippen molar-refractivity contribution in [2.75, 3.05) is 19.5 Å². The average molecular weight is 369 g/mol. The Morgan fingerprint density at radius 1 is 1.00 bits per heavy atom. The molecule has 24 heavy (non-hydrogen) atoms. The van der Waals surface area contributed by atoms with Crippen molar-refractivity contribution in [3.63, 3.8) is 0 Å². The van der Waals surface area contributed by atoms with Gasteiger partial charge in [0.2, 0.25) is 0 Å². The van der Waals surface area contributed by atoms with E-state index in [1.54, 1.807) is 43.5 Å². The molecule has 0 amide bonds. The normalized spacial score (nSPS) is 11.5. The number of unbranched alkanes of at least 4 members (excludes halogenated alkanes) is 2. The van der Waals surface area contributed by atoms with Crippen LogP contribution in [0.2, 0.25) is 5.02 Å². The molecular weight excluding hydrogens is 348 g/mol. The molecule has 6 heteroatoms. The van der Waals surface area contributed by atoms with Gasteiger partial charge in [0.25, 0.3) is 0 Å². The first-order valence-corrected chi connectivity index (χ1v) is 9.78. The fourth-order valence-corrected chi connectivity index (χ4v) is 4.03. The lowest BCUT2D eigenvalue weighted by Crippen LogP contribution is -2.07. The number of hydrogen-bond acceptors (Lipinski definition) is 4. The summed E-state index contributed by atoms with van der Waals surface area (Å²) < 4.78 is 29.7. The predicted molar refractivity (Wildman–Crippen MR) is 96.4 cm³/mol. The second-order valence-corrected chi connectivity index (χ2v) is 7.99. The van der Waals surface area contributed by atoms with E-state index in [2.05, 4.69) is 0 Å². The highest BCUT2D eigenvalue weighted by atomic mass is 35.5. The number of hydrogen-bond donors (Lipinski definition) is 1. The molecular formula is C18H21ClO4S. The fourth-order valence-electron chi connectivity index (χ4n) is 2.40. The minimum atomic E-state index is -3.29. The van der Waals surface area contributed by atoms with E-state index in [1.165, 1.54) is 0 Å². The van der Waals surface area contributed by atoms with E-state index >= 15 is 0 Å². The smallest absolute Gasteiger partial charge is 0.178 e. The average Bonchev–Trinajstić information content (AvgIpc) is 2.59. The van der Waals surface area contributed by atoms with Crippen LogP contribution in [0.5, 0.6) is 5.75 Å². The van der Waals surface area contributed by atoms with E-state index < -0.39 is 9.84 Å². The van der Waals surface area contributed by atoms with Gasteiger partial charge in [0.05, 0.1) is 22.8 Å². The van der Waals surface area contributed by atoms with E-state index in [4.69, 9.17) is 21.4 Å². The molecule has 0 heterocycles. The van der Waals surface area contributed by atoms with Gasteiger partial charge < -0.3 is 9.84 Å². The molecule has 0 atom stereocenters. The minimum Gasteiger partial charge on any atom is -0.495 e. The molecule has 2 aromatic carbocycles. The number of halogens is 1. The topological polar surface area (TPSA) is 63.6 Å². The second-order valence-electron chi connectivity index (χ2n) is 5.48. The SMILES string of the molecule is COc1ccc(-c2ccc(S(=O)(=O)CCCCCO)cc2)cc1Cl. The zero-order valence-electron chi connectivity index (χ0n) is 13.5. The van der Waals surface area contributed by atoms with Crippen molar-refractivity contribution in [3.05, 3.63) is 47.5 Å². The second kappa shape index (κ2) is 8.51. The van der Waals surface area contributed by atoms with Crippen LogP contribution >= 0.6 is 11.6 Å². The van der Waals surface area contributed by atoms with Crippen molar-refractivity contribution in [1.82, 2.24) is 0 Å². The summed E-state index contributed by atoms with van der Waals surface area (Å²) in [5, 5.41) is 9.25. The van der Waals surface area contributed by atoms with Crippen molar-refractivity contribution in [2.45, 2.75) is 24.2 Å². The summed E-state index contributed by atoms with van der Waals surface area (Å²) in [5.41, 5.74) is 1.78. The lowest BCUT2D eigenvalue weighted by molar-refractivity contribution is 0.284. The van der Waals surface area contributed by atoms with E-state index in [9.17, 15) is 8.42 Å². The number of sulfone groups is 1. The van der Waals surface area contributed by atoms with Gasteiger partial charge in [-0.2, -0.15) is 0 Å². The van der Waals surface area contributed by atoms with E-state index in [0.717, 1.165) is 11.1 Å². The van der Waals surface area contributed by atoms with Gasteiger partial charge in [0.1, 0.15) is 5.75 Å². The first-order chi connectivity index (χ1) is 11.5. The van der Waals surface area contributed by atoms with Gasteiger partial charge in [-0.3, -0.25) is 0 Å². The number of methoxy groups -OCH3 is 1. The van der Waals surface area contributed by atoms with E-state index in [0.29, 0.717) is 34.9 Å². The summed E-state index contributed by atoms with van der Waals surface area (Å²) in [5.74, 6) is 0.697. The Labute approximate surface area is 148 Å². The molecule has 2 rings (SSSR count). The summed E-state index contributed by atoms with van der Waals surface area (Å²) in [7, 11) is -1.73. The molecule has 4 nitrogen and oxygen atoms in total. The van der Waals surface area contributed by atoms with Crippen molar-refractivity contribution >= 4 is 21.4 Å². The zero-order valence-corrected chi connectivity index (χ0v) is 15.1. The Hall–Kier alpha value is -1.56. The van der Waals surface area contributed by atoms with Crippen LogP contribution in [0.4, 0.5) is 0 Å². The third-order valence-electron chi connectivity index (χ3n) is 3.77. The highest BCUT2D eigenvalue weighted by molar-refractivity contribution is 7.91. The lowest BCUT2D eigenvalue weighted by atomic mass is 10.1. The van der Waals surface area contributed by atoms with Gasteiger partial charge in [-0.05, 0) is 48.2 Å². The molecule has 0 fully saturated rings. The van der Waals surface area contributed by atoms with Gasteiger partial charge in [0, 0.05) is 6.61 Å². The summed E-state index contributed by atoms with van der Waals surface area (Å²) in [6, 6.07) is 12.2. The molecule has 0 aliphatic rings. The Bertz CT molecular complexity index is 770. The summed E-state index contributed by atoms with van der Waals surface area (Å²) in [6.07, 6.45) is 1.89. The van der Waals surface area contributed by atoms with Crippen LogP contribution < -0.4 is 4.74 Å². The maximum atomic E-state index is 12.3. The van der Waals surface area contributed by atoms with Crippen LogP contribution in [0.3, 0.4) is 0 Å². The van der Waals surface area contributed by atoms with Gasteiger partial charge >= 0.3 is 0 Å². The number of aliphatic hydroxyl groups is 1. The molecule has 0 unspecified atom stereocenters. The monoisotopic (exact) mass is 368 g/mol. The maximum absolute atomic E-state index is 12.3. The molecule has 0 radical (unpaired) electrons.